The summed E-state index contributed by atoms with van der Waals surface area (Å²) in [4.78, 5) is 8.55. The van der Waals surface area contributed by atoms with E-state index < -0.39 is 0 Å². The van der Waals surface area contributed by atoms with Crippen molar-refractivity contribution in [1.29, 1.82) is 0 Å². The highest BCUT2D eigenvalue weighted by Gasteiger charge is 2.15. The van der Waals surface area contributed by atoms with E-state index in [0.717, 1.165) is 22.5 Å². The van der Waals surface area contributed by atoms with Gasteiger partial charge in [0.25, 0.3) is 0 Å². The van der Waals surface area contributed by atoms with Gasteiger partial charge in [0.2, 0.25) is 0 Å². The summed E-state index contributed by atoms with van der Waals surface area (Å²) in [5.41, 5.74) is 9.05. The van der Waals surface area contributed by atoms with Crippen LogP contribution in [0.4, 0.5) is 17.2 Å². The Hall–Kier alpha value is -3.68. The van der Waals surface area contributed by atoms with Crippen LogP contribution in [-0.2, 0) is 0 Å². The van der Waals surface area contributed by atoms with Crippen molar-refractivity contribution in [3.8, 4) is 11.6 Å². The summed E-state index contributed by atoms with van der Waals surface area (Å²) < 4.78 is 7.24. The van der Waals surface area contributed by atoms with Gasteiger partial charge in [-0.3, -0.25) is 0 Å². The molecule has 8 nitrogen and oxygen atoms in total. The van der Waals surface area contributed by atoms with Crippen molar-refractivity contribution in [2.24, 2.45) is 0 Å². The number of nitrogen functional groups attached to an aromatic ring is 1. The molecule has 0 bridgehead atoms. The van der Waals surface area contributed by atoms with Crippen LogP contribution >= 0.6 is 0 Å². The summed E-state index contributed by atoms with van der Waals surface area (Å²) in [5, 5.41) is 11.5. The summed E-state index contributed by atoms with van der Waals surface area (Å²) in [6.07, 6.45) is 1.44. The number of hydrogen-bond acceptors (Lipinski definition) is 7. The number of para-hydroxylation sites is 3. The van der Waals surface area contributed by atoms with E-state index >= 15 is 0 Å². The average molecular weight is 347 g/mol. The standard InChI is InChI=1S/C18H17N7O/c1-2-26-15-10-6-4-8-13(15)22-17-16(19)18(21-11-20-17)25-14-9-5-3-7-12(14)23-24-25/h3-11H,2,19H2,1H3,(H,20,21,22). The van der Waals surface area contributed by atoms with Gasteiger partial charge in [-0.15, -0.1) is 5.10 Å². The third-order valence-corrected chi connectivity index (χ3v) is 3.86. The zero-order chi connectivity index (χ0) is 17.9. The molecule has 2 aromatic carbocycles. The maximum absolute atomic E-state index is 6.32. The average Bonchev–Trinajstić information content (AvgIpc) is 3.09. The van der Waals surface area contributed by atoms with Gasteiger partial charge in [0.15, 0.2) is 11.6 Å². The van der Waals surface area contributed by atoms with Crippen LogP contribution < -0.4 is 15.8 Å². The Morgan fingerprint density at radius 2 is 1.88 bits per heavy atom. The minimum absolute atomic E-state index is 0.370. The number of nitrogens with two attached hydrogens (primary N) is 1. The summed E-state index contributed by atoms with van der Waals surface area (Å²) in [5.74, 6) is 1.66. The van der Waals surface area contributed by atoms with Crippen molar-refractivity contribution in [1.82, 2.24) is 25.0 Å². The van der Waals surface area contributed by atoms with Crippen LogP contribution in [0.2, 0.25) is 0 Å². The number of aromatic nitrogens is 5. The maximum atomic E-state index is 6.32. The van der Waals surface area contributed by atoms with Gasteiger partial charge < -0.3 is 15.8 Å². The van der Waals surface area contributed by atoms with Crippen LogP contribution in [0.15, 0.2) is 54.9 Å². The maximum Gasteiger partial charge on any atom is 0.184 e. The van der Waals surface area contributed by atoms with Gasteiger partial charge in [-0.1, -0.05) is 29.5 Å². The van der Waals surface area contributed by atoms with Gasteiger partial charge in [-0.05, 0) is 31.2 Å². The number of hydrogen-bond donors (Lipinski definition) is 2. The molecule has 8 heteroatoms. The first-order valence-electron chi connectivity index (χ1n) is 8.18. The zero-order valence-electron chi connectivity index (χ0n) is 14.1. The van der Waals surface area contributed by atoms with Crippen molar-refractivity contribution < 1.29 is 4.74 Å². The van der Waals surface area contributed by atoms with Crippen LogP contribution in [0, 0.1) is 0 Å². The summed E-state index contributed by atoms with van der Waals surface area (Å²) in [6, 6.07) is 15.2. The molecular weight excluding hydrogens is 330 g/mol. The number of nitrogens with one attached hydrogen (secondary N) is 1. The van der Waals surface area contributed by atoms with Gasteiger partial charge in [0.05, 0.1) is 17.8 Å². The molecule has 3 N–H and O–H groups in total. The van der Waals surface area contributed by atoms with Crippen molar-refractivity contribution in [3.63, 3.8) is 0 Å². The number of nitrogens with zero attached hydrogens (tertiary/aromatic N) is 5. The topological polar surface area (TPSA) is 104 Å². The number of benzene rings is 2. The monoisotopic (exact) mass is 347 g/mol. The van der Waals surface area contributed by atoms with Crippen LogP contribution in [0.3, 0.4) is 0 Å². The molecule has 4 rings (SSSR count). The van der Waals surface area contributed by atoms with Gasteiger partial charge in [-0.25, -0.2) is 9.97 Å². The van der Waals surface area contributed by atoms with E-state index in [1.165, 1.54) is 6.33 Å². The molecule has 0 aliphatic heterocycles. The van der Waals surface area contributed by atoms with Crippen LogP contribution in [0.1, 0.15) is 6.92 Å². The predicted molar refractivity (Wildman–Crippen MR) is 99.8 cm³/mol. The molecule has 0 fully saturated rings. The molecule has 0 spiro atoms. The lowest BCUT2D eigenvalue weighted by atomic mass is 10.3. The largest absolute Gasteiger partial charge is 0.492 e. The highest BCUT2D eigenvalue weighted by Crippen LogP contribution is 2.31. The Kier molecular flexibility index (Phi) is 4.06. The molecule has 2 heterocycles. The lowest BCUT2D eigenvalue weighted by molar-refractivity contribution is 0.342. The van der Waals surface area contributed by atoms with Gasteiger partial charge >= 0.3 is 0 Å². The first-order chi connectivity index (χ1) is 12.8. The fraction of sp³-hybridized carbons (Fsp3) is 0.111. The van der Waals surface area contributed by atoms with Gasteiger partial charge in [0.1, 0.15) is 23.3 Å². The molecule has 130 valence electrons. The zero-order valence-corrected chi connectivity index (χ0v) is 14.1. The molecule has 26 heavy (non-hydrogen) atoms. The minimum atomic E-state index is 0.370. The molecular formula is C18H17N7O. The highest BCUT2D eigenvalue weighted by atomic mass is 16.5. The van der Waals surface area contributed by atoms with Crippen LogP contribution in [0.5, 0.6) is 5.75 Å². The Labute approximate surface area is 149 Å². The quantitative estimate of drug-likeness (QED) is 0.572. The SMILES string of the molecule is CCOc1ccccc1Nc1ncnc(-n2nnc3ccccc32)c1N. The summed E-state index contributed by atoms with van der Waals surface area (Å²) in [6.45, 7) is 2.50. The van der Waals surface area contributed by atoms with E-state index in [2.05, 4.69) is 25.6 Å². The minimum Gasteiger partial charge on any atom is -0.492 e. The van der Waals surface area contributed by atoms with Crippen LogP contribution in [-0.4, -0.2) is 31.6 Å². The van der Waals surface area contributed by atoms with E-state index in [1.54, 1.807) is 4.68 Å². The molecule has 0 saturated carbocycles. The van der Waals surface area contributed by atoms with Crippen molar-refractivity contribution in [2.75, 3.05) is 17.7 Å². The molecule has 0 amide bonds. The van der Waals surface area contributed by atoms with E-state index in [-0.39, 0.29) is 0 Å². The van der Waals surface area contributed by atoms with Crippen molar-refractivity contribution in [3.05, 3.63) is 54.9 Å². The Balaban J connectivity index is 1.75. The highest BCUT2D eigenvalue weighted by molar-refractivity contribution is 5.80. The fourth-order valence-electron chi connectivity index (χ4n) is 2.66. The van der Waals surface area contributed by atoms with E-state index in [1.807, 2.05) is 55.5 Å². The van der Waals surface area contributed by atoms with E-state index in [4.69, 9.17) is 10.5 Å². The second kappa shape index (κ2) is 6.67. The third kappa shape index (κ3) is 2.77. The van der Waals surface area contributed by atoms with Crippen LogP contribution in [0.25, 0.3) is 16.9 Å². The summed E-state index contributed by atoms with van der Waals surface area (Å²) in [7, 11) is 0. The molecule has 0 aliphatic rings. The van der Waals surface area contributed by atoms with E-state index in [9.17, 15) is 0 Å². The molecule has 4 aromatic rings. The summed E-state index contributed by atoms with van der Waals surface area (Å²) >= 11 is 0. The Morgan fingerprint density at radius 1 is 1.08 bits per heavy atom. The Bertz CT molecular complexity index is 1060. The van der Waals surface area contributed by atoms with E-state index in [0.29, 0.717) is 23.9 Å². The first kappa shape index (κ1) is 15.8. The van der Waals surface area contributed by atoms with Crippen molar-refractivity contribution in [2.45, 2.75) is 6.92 Å². The molecule has 0 unspecified atom stereocenters. The molecule has 0 saturated heterocycles. The number of rotatable bonds is 5. The fourth-order valence-corrected chi connectivity index (χ4v) is 2.66. The second-order valence-corrected chi connectivity index (χ2v) is 5.50. The molecule has 0 aliphatic carbocycles. The lowest BCUT2D eigenvalue weighted by Crippen LogP contribution is -2.09. The lowest BCUT2D eigenvalue weighted by Gasteiger charge is -2.14. The third-order valence-electron chi connectivity index (χ3n) is 3.86. The normalized spacial score (nSPS) is 10.8. The molecule has 0 radical (unpaired) electrons. The number of ether oxygens (including phenoxy) is 1. The second-order valence-electron chi connectivity index (χ2n) is 5.50. The smallest absolute Gasteiger partial charge is 0.184 e. The first-order valence-corrected chi connectivity index (χ1v) is 8.18. The van der Waals surface area contributed by atoms with Crippen molar-refractivity contribution >= 4 is 28.2 Å². The van der Waals surface area contributed by atoms with Gasteiger partial charge in [-0.2, -0.15) is 4.68 Å². The molecule has 2 aromatic heterocycles. The number of fused-ring (bicyclic) bond motifs is 1. The molecule has 0 atom stereocenters. The van der Waals surface area contributed by atoms with Gasteiger partial charge in [0, 0.05) is 0 Å². The number of anilines is 3. The predicted octanol–water partition coefficient (Wildman–Crippen LogP) is 2.94. The Morgan fingerprint density at radius 3 is 2.77 bits per heavy atom.